The minimum atomic E-state index is -0.382. The number of imidazole rings is 1. The molecular formula is C11H10N2O2. The van der Waals surface area contributed by atoms with E-state index < -0.39 is 0 Å². The van der Waals surface area contributed by atoms with Gasteiger partial charge in [-0.15, -0.1) is 0 Å². The van der Waals surface area contributed by atoms with Gasteiger partial charge in [0.15, 0.2) is 0 Å². The molecule has 0 atom stereocenters. The van der Waals surface area contributed by atoms with E-state index in [1.807, 2.05) is 24.3 Å². The fraction of sp³-hybridized carbons (Fsp3) is 0.0909. The Labute approximate surface area is 86.8 Å². The van der Waals surface area contributed by atoms with Crippen LogP contribution in [0.3, 0.4) is 0 Å². The van der Waals surface area contributed by atoms with E-state index in [2.05, 4.69) is 9.72 Å². The summed E-state index contributed by atoms with van der Waals surface area (Å²) in [6.07, 6.45) is 4.64. The van der Waals surface area contributed by atoms with Crippen molar-refractivity contribution < 1.29 is 9.53 Å². The first kappa shape index (κ1) is 9.45. The number of rotatable bonds is 2. The van der Waals surface area contributed by atoms with Crippen molar-refractivity contribution >= 4 is 23.2 Å². The maximum atomic E-state index is 10.9. The zero-order valence-corrected chi connectivity index (χ0v) is 8.25. The largest absolute Gasteiger partial charge is 0.466 e. The van der Waals surface area contributed by atoms with Crippen molar-refractivity contribution in [1.82, 2.24) is 9.55 Å². The van der Waals surface area contributed by atoms with Crippen LogP contribution in [0, 0.1) is 0 Å². The molecule has 0 saturated heterocycles. The second kappa shape index (κ2) is 3.96. The summed E-state index contributed by atoms with van der Waals surface area (Å²) in [5.41, 5.74) is 1.85. The van der Waals surface area contributed by atoms with Crippen LogP contribution in [0.25, 0.3) is 17.2 Å². The molecule has 0 N–H and O–H groups in total. The number of benzene rings is 1. The number of ether oxygens (including phenoxy) is 1. The molecule has 15 heavy (non-hydrogen) atoms. The number of esters is 1. The predicted octanol–water partition coefficient (Wildman–Crippen LogP) is 1.68. The highest BCUT2D eigenvalue weighted by molar-refractivity contribution is 5.86. The van der Waals surface area contributed by atoms with E-state index in [4.69, 9.17) is 0 Å². The first-order valence-corrected chi connectivity index (χ1v) is 4.49. The van der Waals surface area contributed by atoms with Gasteiger partial charge in [-0.1, -0.05) is 12.1 Å². The summed E-state index contributed by atoms with van der Waals surface area (Å²) in [7, 11) is 1.35. The average Bonchev–Trinajstić information content (AvgIpc) is 2.69. The third-order valence-electron chi connectivity index (χ3n) is 2.05. The summed E-state index contributed by atoms with van der Waals surface area (Å²) in [6, 6.07) is 7.69. The minimum absolute atomic E-state index is 0.382. The first-order valence-electron chi connectivity index (χ1n) is 4.49. The van der Waals surface area contributed by atoms with Gasteiger partial charge in [0.25, 0.3) is 0 Å². The zero-order chi connectivity index (χ0) is 10.7. The molecule has 0 amide bonds. The van der Waals surface area contributed by atoms with E-state index in [1.165, 1.54) is 13.2 Å². The molecule has 0 aliphatic heterocycles. The maximum Gasteiger partial charge on any atom is 0.331 e. The van der Waals surface area contributed by atoms with Gasteiger partial charge >= 0.3 is 5.97 Å². The third kappa shape index (κ3) is 1.88. The third-order valence-corrected chi connectivity index (χ3v) is 2.05. The number of nitrogens with zero attached hydrogens (tertiary/aromatic N) is 2. The Hall–Kier alpha value is -2.10. The Morgan fingerprint density at radius 1 is 1.47 bits per heavy atom. The Morgan fingerprint density at radius 2 is 2.27 bits per heavy atom. The number of hydrogen-bond donors (Lipinski definition) is 0. The highest BCUT2D eigenvalue weighted by Gasteiger charge is 1.98. The first-order chi connectivity index (χ1) is 7.31. The van der Waals surface area contributed by atoms with Crippen LogP contribution in [0.1, 0.15) is 0 Å². The topological polar surface area (TPSA) is 44.1 Å². The molecule has 0 saturated carbocycles. The second-order valence-electron chi connectivity index (χ2n) is 2.98. The van der Waals surface area contributed by atoms with E-state index in [1.54, 1.807) is 17.1 Å². The fourth-order valence-electron chi connectivity index (χ4n) is 1.31. The molecule has 2 aromatic rings. The van der Waals surface area contributed by atoms with Gasteiger partial charge in [-0.05, 0) is 12.1 Å². The number of aromatic nitrogens is 2. The standard InChI is InChI=1S/C11H10N2O2/c1-15-11(14)6-7-13-8-12-9-4-2-3-5-10(9)13/h2-8H,1H3/b7-6+. The van der Waals surface area contributed by atoms with Gasteiger partial charge in [0, 0.05) is 12.3 Å². The van der Waals surface area contributed by atoms with Crippen LogP contribution < -0.4 is 0 Å². The van der Waals surface area contributed by atoms with Gasteiger partial charge in [0.05, 0.1) is 24.5 Å². The van der Waals surface area contributed by atoms with Crippen molar-refractivity contribution in [1.29, 1.82) is 0 Å². The summed E-state index contributed by atoms with van der Waals surface area (Å²) in [4.78, 5) is 15.1. The van der Waals surface area contributed by atoms with Crippen LogP contribution in [-0.2, 0) is 9.53 Å². The Bertz CT molecular complexity index is 514. The van der Waals surface area contributed by atoms with E-state index in [0.29, 0.717) is 0 Å². The van der Waals surface area contributed by atoms with E-state index in [-0.39, 0.29) is 5.97 Å². The van der Waals surface area contributed by atoms with Crippen molar-refractivity contribution in [2.75, 3.05) is 7.11 Å². The lowest BCUT2D eigenvalue weighted by Crippen LogP contribution is -1.94. The monoisotopic (exact) mass is 202 g/mol. The van der Waals surface area contributed by atoms with Gasteiger partial charge in [-0.25, -0.2) is 9.78 Å². The number of fused-ring (bicyclic) bond motifs is 1. The average molecular weight is 202 g/mol. The van der Waals surface area contributed by atoms with Crippen LogP contribution in [0.5, 0.6) is 0 Å². The lowest BCUT2D eigenvalue weighted by molar-refractivity contribution is -0.134. The second-order valence-corrected chi connectivity index (χ2v) is 2.98. The summed E-state index contributed by atoms with van der Waals surface area (Å²) in [6.45, 7) is 0. The Balaban J connectivity index is 2.36. The van der Waals surface area contributed by atoms with Crippen molar-refractivity contribution in [3.63, 3.8) is 0 Å². The van der Waals surface area contributed by atoms with E-state index >= 15 is 0 Å². The van der Waals surface area contributed by atoms with Gasteiger partial charge < -0.3 is 9.30 Å². The Morgan fingerprint density at radius 3 is 3.07 bits per heavy atom. The smallest absolute Gasteiger partial charge is 0.331 e. The predicted molar refractivity (Wildman–Crippen MR) is 57.1 cm³/mol. The van der Waals surface area contributed by atoms with Crippen molar-refractivity contribution in [2.24, 2.45) is 0 Å². The molecule has 4 nitrogen and oxygen atoms in total. The van der Waals surface area contributed by atoms with Gasteiger partial charge in [-0.2, -0.15) is 0 Å². The quantitative estimate of drug-likeness (QED) is 0.549. The molecule has 0 unspecified atom stereocenters. The van der Waals surface area contributed by atoms with Crippen molar-refractivity contribution in [3.8, 4) is 0 Å². The summed E-state index contributed by atoms with van der Waals surface area (Å²) >= 11 is 0. The van der Waals surface area contributed by atoms with Gasteiger partial charge in [0.1, 0.15) is 0 Å². The van der Waals surface area contributed by atoms with Gasteiger partial charge in [-0.3, -0.25) is 0 Å². The van der Waals surface area contributed by atoms with Crippen LogP contribution in [0.4, 0.5) is 0 Å². The molecule has 4 heteroatoms. The lowest BCUT2D eigenvalue weighted by Gasteiger charge is -1.95. The minimum Gasteiger partial charge on any atom is -0.466 e. The molecular weight excluding hydrogens is 192 g/mol. The molecule has 1 heterocycles. The lowest BCUT2D eigenvalue weighted by atomic mass is 10.3. The molecule has 0 spiro atoms. The fourth-order valence-corrected chi connectivity index (χ4v) is 1.31. The maximum absolute atomic E-state index is 10.9. The zero-order valence-electron chi connectivity index (χ0n) is 8.25. The number of carbonyl (C=O) groups excluding carboxylic acids is 1. The molecule has 2 rings (SSSR count). The summed E-state index contributed by atoms with van der Waals surface area (Å²) in [5.74, 6) is -0.382. The summed E-state index contributed by atoms with van der Waals surface area (Å²) < 4.78 is 6.27. The molecule has 0 fully saturated rings. The van der Waals surface area contributed by atoms with Crippen molar-refractivity contribution in [2.45, 2.75) is 0 Å². The number of carbonyl (C=O) groups is 1. The van der Waals surface area contributed by atoms with Crippen LogP contribution in [-0.4, -0.2) is 22.6 Å². The molecule has 0 bridgehead atoms. The van der Waals surface area contributed by atoms with Crippen LogP contribution in [0.2, 0.25) is 0 Å². The van der Waals surface area contributed by atoms with Gasteiger partial charge in [0.2, 0.25) is 0 Å². The summed E-state index contributed by atoms with van der Waals surface area (Å²) in [5, 5.41) is 0. The molecule has 1 aromatic carbocycles. The molecule has 0 aliphatic rings. The van der Waals surface area contributed by atoms with Crippen molar-refractivity contribution in [3.05, 3.63) is 36.7 Å². The molecule has 0 radical (unpaired) electrons. The molecule has 76 valence electrons. The normalized spacial score (nSPS) is 11.0. The highest BCUT2D eigenvalue weighted by Crippen LogP contribution is 2.11. The van der Waals surface area contributed by atoms with Crippen LogP contribution >= 0.6 is 0 Å². The Kier molecular flexibility index (Phi) is 2.49. The van der Waals surface area contributed by atoms with E-state index in [0.717, 1.165) is 11.0 Å². The van der Waals surface area contributed by atoms with Crippen LogP contribution in [0.15, 0.2) is 36.7 Å². The molecule has 0 aliphatic carbocycles. The number of hydrogen-bond acceptors (Lipinski definition) is 3. The highest BCUT2D eigenvalue weighted by atomic mass is 16.5. The molecule has 1 aromatic heterocycles. The van der Waals surface area contributed by atoms with E-state index in [9.17, 15) is 4.79 Å². The number of methoxy groups -OCH3 is 1. The SMILES string of the molecule is COC(=O)/C=C/n1cnc2ccccc21. The number of para-hydroxylation sites is 2.